The molecule has 0 aliphatic rings. The fourth-order valence-electron chi connectivity index (χ4n) is 2.59. The van der Waals surface area contributed by atoms with E-state index in [0.717, 1.165) is 6.54 Å². The van der Waals surface area contributed by atoms with E-state index >= 15 is 0 Å². The van der Waals surface area contributed by atoms with Crippen molar-refractivity contribution in [1.82, 2.24) is 5.32 Å². The molecule has 0 radical (unpaired) electrons. The summed E-state index contributed by atoms with van der Waals surface area (Å²) in [5, 5.41) is 5.11. The molecule has 104 valence electrons. The van der Waals surface area contributed by atoms with Crippen LogP contribution >= 0.6 is 11.3 Å². The Morgan fingerprint density at radius 2 is 1.95 bits per heavy atom. The summed E-state index contributed by atoms with van der Waals surface area (Å²) in [6.45, 7) is 8.01. The Hall–Kier alpha value is -0.860. The van der Waals surface area contributed by atoms with E-state index in [1.54, 1.807) is 0 Å². The highest BCUT2D eigenvalue weighted by atomic mass is 32.1. The van der Waals surface area contributed by atoms with Crippen molar-refractivity contribution < 1.29 is 0 Å². The Balaban J connectivity index is 2.17. The van der Waals surface area contributed by atoms with Crippen molar-refractivity contribution in [2.75, 3.05) is 6.54 Å². The maximum atomic E-state index is 3.72. The minimum absolute atomic E-state index is 0.601. The topological polar surface area (TPSA) is 12.0 Å². The molecule has 2 rings (SSSR count). The van der Waals surface area contributed by atoms with Crippen LogP contribution in [0.25, 0.3) is 10.1 Å². The fraction of sp³-hybridized carbons (Fsp3) is 0.529. The average Bonchev–Trinajstić information content (AvgIpc) is 2.86. The van der Waals surface area contributed by atoms with Gasteiger partial charge < -0.3 is 5.32 Å². The van der Waals surface area contributed by atoms with Gasteiger partial charge in [-0.15, -0.1) is 11.3 Å². The third-order valence-electron chi connectivity index (χ3n) is 3.75. The third-order valence-corrected chi connectivity index (χ3v) is 5.07. The molecule has 2 atom stereocenters. The van der Waals surface area contributed by atoms with E-state index in [2.05, 4.69) is 56.4 Å². The Bertz CT molecular complexity index is 470. The summed E-state index contributed by atoms with van der Waals surface area (Å²) in [6.07, 6.45) is 3.71. The number of thiophene rings is 1. The van der Waals surface area contributed by atoms with Gasteiger partial charge in [-0.2, -0.15) is 0 Å². The summed E-state index contributed by atoms with van der Waals surface area (Å²) >= 11 is 1.95. The van der Waals surface area contributed by atoms with Gasteiger partial charge in [0.05, 0.1) is 0 Å². The van der Waals surface area contributed by atoms with Gasteiger partial charge in [0.2, 0.25) is 0 Å². The summed E-state index contributed by atoms with van der Waals surface area (Å²) in [5.74, 6) is 0.601. The van der Waals surface area contributed by atoms with Crippen molar-refractivity contribution in [1.29, 1.82) is 0 Å². The van der Waals surface area contributed by atoms with Gasteiger partial charge in [0.1, 0.15) is 0 Å². The van der Waals surface area contributed by atoms with Crippen LogP contribution in [0.15, 0.2) is 30.3 Å². The standard InChI is InChI=1S/C17H25NS/c1-4-8-15(18-11-5-2)13(3)17-12-14-9-6-7-10-16(14)19-17/h6-7,9-10,12-13,15,18H,4-5,8,11H2,1-3H3. The molecule has 1 heterocycles. The molecule has 0 aliphatic carbocycles. The summed E-state index contributed by atoms with van der Waals surface area (Å²) in [7, 11) is 0. The van der Waals surface area contributed by atoms with E-state index in [9.17, 15) is 0 Å². The number of hydrogen-bond donors (Lipinski definition) is 1. The predicted molar refractivity (Wildman–Crippen MR) is 87.2 cm³/mol. The zero-order valence-electron chi connectivity index (χ0n) is 12.3. The molecule has 19 heavy (non-hydrogen) atoms. The zero-order chi connectivity index (χ0) is 13.7. The first-order chi connectivity index (χ1) is 9.26. The van der Waals surface area contributed by atoms with Crippen molar-refractivity contribution in [3.63, 3.8) is 0 Å². The first-order valence-corrected chi connectivity index (χ1v) is 8.29. The van der Waals surface area contributed by atoms with E-state index in [4.69, 9.17) is 0 Å². The van der Waals surface area contributed by atoms with Gasteiger partial charge in [0.25, 0.3) is 0 Å². The molecule has 1 N–H and O–H groups in total. The normalized spacial score (nSPS) is 14.7. The zero-order valence-corrected chi connectivity index (χ0v) is 13.1. The second-order valence-corrected chi connectivity index (χ2v) is 6.44. The van der Waals surface area contributed by atoms with Crippen LogP contribution in [0.5, 0.6) is 0 Å². The Kier molecular flexibility index (Phi) is 5.41. The number of fused-ring (bicyclic) bond motifs is 1. The van der Waals surface area contributed by atoms with Crippen LogP contribution < -0.4 is 5.32 Å². The Labute approximate surface area is 121 Å². The highest BCUT2D eigenvalue weighted by Gasteiger charge is 2.19. The Morgan fingerprint density at radius 3 is 2.63 bits per heavy atom. The van der Waals surface area contributed by atoms with Crippen LogP contribution in [-0.2, 0) is 0 Å². The molecule has 0 fully saturated rings. The van der Waals surface area contributed by atoms with Gasteiger partial charge in [-0.3, -0.25) is 0 Å². The molecular formula is C17H25NS. The predicted octanol–water partition coefficient (Wildman–Crippen LogP) is 5.17. The van der Waals surface area contributed by atoms with Gasteiger partial charge >= 0.3 is 0 Å². The second kappa shape index (κ2) is 7.06. The second-order valence-electron chi connectivity index (χ2n) is 5.32. The lowest BCUT2D eigenvalue weighted by Crippen LogP contribution is -2.33. The molecular weight excluding hydrogens is 250 g/mol. The molecule has 2 heteroatoms. The van der Waals surface area contributed by atoms with Gasteiger partial charge in [0.15, 0.2) is 0 Å². The van der Waals surface area contributed by atoms with Crippen LogP contribution in [0.2, 0.25) is 0 Å². The summed E-state index contributed by atoms with van der Waals surface area (Å²) in [6, 6.07) is 11.7. The van der Waals surface area contributed by atoms with E-state index < -0.39 is 0 Å². The summed E-state index contributed by atoms with van der Waals surface area (Å²) < 4.78 is 1.41. The summed E-state index contributed by atoms with van der Waals surface area (Å²) in [5.41, 5.74) is 0. The van der Waals surface area contributed by atoms with Crippen LogP contribution in [-0.4, -0.2) is 12.6 Å². The maximum Gasteiger partial charge on any atom is 0.0345 e. The van der Waals surface area contributed by atoms with Crippen molar-refractivity contribution in [2.24, 2.45) is 0 Å². The lowest BCUT2D eigenvalue weighted by Gasteiger charge is -2.24. The summed E-state index contributed by atoms with van der Waals surface area (Å²) in [4.78, 5) is 1.52. The average molecular weight is 275 g/mol. The van der Waals surface area contributed by atoms with Crippen molar-refractivity contribution >= 4 is 21.4 Å². The molecule has 0 saturated carbocycles. The first-order valence-electron chi connectivity index (χ1n) is 7.48. The Morgan fingerprint density at radius 1 is 1.16 bits per heavy atom. The molecule has 1 aromatic carbocycles. The minimum atomic E-state index is 0.601. The molecule has 0 bridgehead atoms. The molecule has 0 spiro atoms. The molecule has 2 unspecified atom stereocenters. The van der Waals surface area contributed by atoms with E-state index in [0.29, 0.717) is 12.0 Å². The molecule has 0 aliphatic heterocycles. The molecule has 2 aromatic rings. The highest BCUT2D eigenvalue weighted by molar-refractivity contribution is 7.19. The lowest BCUT2D eigenvalue weighted by molar-refractivity contribution is 0.424. The van der Waals surface area contributed by atoms with Crippen LogP contribution in [0.4, 0.5) is 0 Å². The van der Waals surface area contributed by atoms with Crippen molar-refractivity contribution in [3.8, 4) is 0 Å². The van der Waals surface area contributed by atoms with Crippen molar-refractivity contribution in [2.45, 2.75) is 52.0 Å². The van der Waals surface area contributed by atoms with Crippen LogP contribution in [0.3, 0.4) is 0 Å². The van der Waals surface area contributed by atoms with E-state index in [-0.39, 0.29) is 0 Å². The van der Waals surface area contributed by atoms with Gasteiger partial charge in [0, 0.05) is 21.5 Å². The quantitative estimate of drug-likeness (QED) is 0.734. The molecule has 0 amide bonds. The van der Waals surface area contributed by atoms with Gasteiger partial charge in [-0.05, 0) is 36.9 Å². The molecule has 0 saturated heterocycles. The monoisotopic (exact) mass is 275 g/mol. The van der Waals surface area contributed by atoms with E-state index in [1.807, 2.05) is 11.3 Å². The maximum absolute atomic E-state index is 3.72. The number of rotatable bonds is 7. The van der Waals surface area contributed by atoms with E-state index in [1.165, 1.54) is 34.2 Å². The number of benzene rings is 1. The molecule has 1 aromatic heterocycles. The van der Waals surface area contributed by atoms with Crippen LogP contribution in [0, 0.1) is 0 Å². The molecule has 1 nitrogen and oxygen atoms in total. The van der Waals surface area contributed by atoms with Gasteiger partial charge in [-0.25, -0.2) is 0 Å². The SMILES string of the molecule is CCCNC(CCC)C(C)c1cc2ccccc2s1. The number of nitrogens with one attached hydrogen (secondary N) is 1. The van der Waals surface area contributed by atoms with Crippen LogP contribution in [0.1, 0.15) is 50.8 Å². The highest BCUT2D eigenvalue weighted by Crippen LogP contribution is 2.33. The minimum Gasteiger partial charge on any atom is -0.313 e. The third kappa shape index (κ3) is 3.58. The lowest BCUT2D eigenvalue weighted by atomic mass is 9.95. The van der Waals surface area contributed by atoms with Crippen molar-refractivity contribution in [3.05, 3.63) is 35.2 Å². The largest absolute Gasteiger partial charge is 0.313 e. The van der Waals surface area contributed by atoms with Gasteiger partial charge in [-0.1, -0.05) is 45.4 Å². The first kappa shape index (κ1) is 14.5. The smallest absolute Gasteiger partial charge is 0.0345 e. The fourth-order valence-corrected chi connectivity index (χ4v) is 3.78. The number of hydrogen-bond acceptors (Lipinski definition) is 2.